The molecule has 1 N–H and O–H groups in total. The number of aliphatic hydroxyl groups is 1. The summed E-state index contributed by atoms with van der Waals surface area (Å²) in [7, 11) is 2.10. The summed E-state index contributed by atoms with van der Waals surface area (Å²) in [5, 5.41) is 9.66. The zero-order chi connectivity index (χ0) is 20.1. The van der Waals surface area contributed by atoms with E-state index in [1.807, 2.05) is 37.3 Å². The highest BCUT2D eigenvalue weighted by molar-refractivity contribution is 6.00. The number of hydrogen-bond donors (Lipinski definition) is 1. The Bertz CT molecular complexity index is 845. The van der Waals surface area contributed by atoms with Crippen LogP contribution in [0.2, 0.25) is 0 Å². The maximum absolute atomic E-state index is 12.8. The number of carbonyl (C=O) groups is 2. The molecule has 0 aliphatic carbocycles. The summed E-state index contributed by atoms with van der Waals surface area (Å²) in [6, 6.07) is 13.1. The summed E-state index contributed by atoms with van der Waals surface area (Å²) in [6.07, 6.45) is 0.579. The number of piperazine rings is 1. The average molecular weight is 381 g/mol. The Morgan fingerprint density at radius 2 is 1.79 bits per heavy atom. The van der Waals surface area contributed by atoms with Crippen molar-refractivity contribution in [2.24, 2.45) is 0 Å². The number of imide groups is 1. The quantitative estimate of drug-likeness (QED) is 0.776. The zero-order valence-corrected chi connectivity index (χ0v) is 16.5. The van der Waals surface area contributed by atoms with Crippen LogP contribution in [0, 0.1) is 6.92 Å². The highest BCUT2D eigenvalue weighted by Gasteiger charge is 2.19. The Balaban J connectivity index is 1.83. The number of nitrogens with zero attached hydrogens (tertiary/aromatic N) is 3. The first-order valence-electron chi connectivity index (χ1n) is 9.51. The van der Waals surface area contributed by atoms with E-state index in [9.17, 15) is 14.7 Å². The van der Waals surface area contributed by atoms with Crippen molar-refractivity contribution in [1.82, 2.24) is 9.80 Å². The Kier molecular flexibility index (Phi) is 6.44. The number of rotatable bonds is 6. The molecule has 0 radical (unpaired) electrons. The summed E-state index contributed by atoms with van der Waals surface area (Å²) in [4.78, 5) is 30.2. The molecule has 2 amide bonds. The van der Waals surface area contributed by atoms with Gasteiger partial charge in [0.2, 0.25) is 6.41 Å². The van der Waals surface area contributed by atoms with Crippen LogP contribution in [0.4, 0.5) is 5.69 Å². The van der Waals surface area contributed by atoms with Gasteiger partial charge in [-0.05, 0) is 48.9 Å². The fourth-order valence-corrected chi connectivity index (χ4v) is 3.49. The molecule has 0 unspecified atom stereocenters. The topological polar surface area (TPSA) is 64.1 Å². The molecule has 0 spiro atoms. The van der Waals surface area contributed by atoms with Gasteiger partial charge >= 0.3 is 0 Å². The number of anilines is 1. The number of carbonyl (C=O) groups excluding carboxylic acids is 2. The molecule has 1 saturated heterocycles. The van der Waals surface area contributed by atoms with Crippen LogP contribution < -0.4 is 4.90 Å². The molecule has 2 aromatic rings. The standard InChI is InChI=1S/C22H27N3O3/c1-17-5-3-4-6-21(17)22(28)25(16-27)14-18-11-19(15-26)13-20(12-18)24-9-7-23(2)8-10-24/h3-6,11-13,16,26H,7-10,14-15H2,1-2H3. The molecule has 1 aliphatic heterocycles. The van der Waals surface area contributed by atoms with E-state index in [1.165, 1.54) is 4.90 Å². The predicted molar refractivity (Wildman–Crippen MR) is 109 cm³/mol. The molecule has 6 heteroatoms. The number of hydrogen-bond acceptors (Lipinski definition) is 5. The third-order valence-electron chi connectivity index (χ3n) is 5.20. The third-order valence-corrected chi connectivity index (χ3v) is 5.20. The van der Waals surface area contributed by atoms with E-state index < -0.39 is 0 Å². The van der Waals surface area contributed by atoms with Crippen molar-refractivity contribution in [3.8, 4) is 0 Å². The number of likely N-dealkylation sites (N-methyl/N-ethyl adjacent to an activating group) is 1. The van der Waals surface area contributed by atoms with E-state index in [1.54, 1.807) is 12.1 Å². The molecule has 0 aromatic heterocycles. The first-order chi connectivity index (χ1) is 13.5. The maximum atomic E-state index is 12.8. The minimum atomic E-state index is -0.316. The van der Waals surface area contributed by atoms with Crippen LogP contribution in [0.25, 0.3) is 0 Å². The second-order valence-electron chi connectivity index (χ2n) is 7.31. The van der Waals surface area contributed by atoms with Crippen molar-refractivity contribution in [3.63, 3.8) is 0 Å². The lowest BCUT2D eigenvalue weighted by atomic mass is 10.1. The van der Waals surface area contributed by atoms with E-state index in [2.05, 4.69) is 16.8 Å². The smallest absolute Gasteiger partial charge is 0.260 e. The largest absolute Gasteiger partial charge is 0.392 e. The summed E-state index contributed by atoms with van der Waals surface area (Å²) in [5.74, 6) is -0.316. The van der Waals surface area contributed by atoms with Crippen molar-refractivity contribution in [1.29, 1.82) is 0 Å². The van der Waals surface area contributed by atoms with Crippen LogP contribution >= 0.6 is 0 Å². The monoisotopic (exact) mass is 381 g/mol. The highest BCUT2D eigenvalue weighted by atomic mass is 16.3. The van der Waals surface area contributed by atoms with Gasteiger partial charge in [-0.2, -0.15) is 0 Å². The normalized spacial score (nSPS) is 14.8. The molecule has 2 aromatic carbocycles. The lowest BCUT2D eigenvalue weighted by Gasteiger charge is -2.34. The van der Waals surface area contributed by atoms with Crippen LogP contribution in [0.3, 0.4) is 0 Å². The van der Waals surface area contributed by atoms with Crippen LogP contribution in [0.15, 0.2) is 42.5 Å². The van der Waals surface area contributed by atoms with Gasteiger partial charge in [-0.3, -0.25) is 14.5 Å². The summed E-state index contributed by atoms with van der Waals surface area (Å²) < 4.78 is 0. The Labute approximate surface area is 166 Å². The van der Waals surface area contributed by atoms with Gasteiger partial charge in [-0.25, -0.2) is 0 Å². The Hall–Kier alpha value is -2.70. The van der Waals surface area contributed by atoms with Gasteiger partial charge in [0.15, 0.2) is 0 Å². The molecule has 148 valence electrons. The van der Waals surface area contributed by atoms with Crippen LogP contribution in [-0.4, -0.2) is 60.5 Å². The van der Waals surface area contributed by atoms with E-state index >= 15 is 0 Å². The zero-order valence-electron chi connectivity index (χ0n) is 16.5. The maximum Gasteiger partial charge on any atom is 0.260 e. The van der Waals surface area contributed by atoms with E-state index in [0.29, 0.717) is 12.0 Å². The van der Waals surface area contributed by atoms with Crippen LogP contribution in [0.5, 0.6) is 0 Å². The third kappa shape index (κ3) is 4.58. The molecule has 3 rings (SSSR count). The first kappa shape index (κ1) is 20.0. The lowest BCUT2D eigenvalue weighted by molar-refractivity contribution is -0.116. The fourth-order valence-electron chi connectivity index (χ4n) is 3.49. The number of amides is 2. The summed E-state index contributed by atoms with van der Waals surface area (Å²) in [5.41, 5.74) is 3.98. The Morgan fingerprint density at radius 1 is 1.11 bits per heavy atom. The molecule has 6 nitrogen and oxygen atoms in total. The molecular weight excluding hydrogens is 354 g/mol. The second-order valence-corrected chi connectivity index (χ2v) is 7.31. The molecule has 0 saturated carbocycles. The van der Waals surface area contributed by atoms with Gasteiger partial charge in [0, 0.05) is 37.4 Å². The molecule has 1 fully saturated rings. The molecular formula is C22H27N3O3. The van der Waals surface area contributed by atoms with Gasteiger partial charge in [-0.15, -0.1) is 0 Å². The van der Waals surface area contributed by atoms with Crippen molar-refractivity contribution >= 4 is 18.0 Å². The number of aryl methyl sites for hydroxylation is 1. The molecule has 1 aliphatic rings. The minimum absolute atomic E-state index is 0.0819. The van der Waals surface area contributed by atoms with Crippen LogP contribution in [-0.2, 0) is 17.9 Å². The van der Waals surface area contributed by atoms with Gasteiger partial charge in [-0.1, -0.05) is 24.3 Å². The first-order valence-corrected chi connectivity index (χ1v) is 9.51. The fraction of sp³-hybridized carbons (Fsp3) is 0.364. The van der Waals surface area contributed by atoms with E-state index in [0.717, 1.165) is 48.6 Å². The summed E-state index contributed by atoms with van der Waals surface area (Å²) in [6.45, 7) is 5.71. The van der Waals surface area contributed by atoms with Crippen LogP contribution in [0.1, 0.15) is 27.0 Å². The molecule has 1 heterocycles. The second kappa shape index (κ2) is 8.99. The van der Waals surface area contributed by atoms with Gasteiger partial charge < -0.3 is 14.9 Å². The number of aliphatic hydroxyl groups excluding tert-OH is 1. The average Bonchev–Trinajstić information content (AvgIpc) is 2.72. The highest BCUT2D eigenvalue weighted by Crippen LogP contribution is 2.22. The van der Waals surface area contributed by atoms with Crippen molar-refractivity contribution in [2.75, 3.05) is 38.1 Å². The minimum Gasteiger partial charge on any atom is -0.392 e. The van der Waals surface area contributed by atoms with E-state index in [-0.39, 0.29) is 19.1 Å². The predicted octanol–water partition coefficient (Wildman–Crippen LogP) is 2.04. The van der Waals surface area contributed by atoms with Crippen molar-refractivity contribution in [3.05, 3.63) is 64.7 Å². The number of benzene rings is 2. The molecule has 0 bridgehead atoms. The van der Waals surface area contributed by atoms with Gasteiger partial charge in [0.25, 0.3) is 5.91 Å². The van der Waals surface area contributed by atoms with Gasteiger partial charge in [0.1, 0.15) is 0 Å². The van der Waals surface area contributed by atoms with Crippen molar-refractivity contribution < 1.29 is 14.7 Å². The lowest BCUT2D eigenvalue weighted by Crippen LogP contribution is -2.44. The molecule has 0 atom stereocenters. The summed E-state index contributed by atoms with van der Waals surface area (Å²) >= 11 is 0. The Morgan fingerprint density at radius 3 is 2.43 bits per heavy atom. The van der Waals surface area contributed by atoms with Gasteiger partial charge in [0.05, 0.1) is 13.2 Å². The van der Waals surface area contributed by atoms with E-state index in [4.69, 9.17) is 0 Å². The SMILES string of the molecule is Cc1ccccc1C(=O)N(C=O)Cc1cc(CO)cc(N2CCN(C)CC2)c1. The van der Waals surface area contributed by atoms with Crippen molar-refractivity contribution in [2.45, 2.75) is 20.1 Å². The molecule has 28 heavy (non-hydrogen) atoms.